The van der Waals surface area contributed by atoms with E-state index < -0.39 is 16.8 Å². The average molecular weight is 228 g/mol. The van der Waals surface area contributed by atoms with Gasteiger partial charge in [-0.3, -0.25) is 9.00 Å². The maximum atomic E-state index is 11.4. The van der Waals surface area contributed by atoms with Gasteiger partial charge in [-0.05, 0) is 17.7 Å². The highest BCUT2D eigenvalue weighted by atomic mass is 32.2. The molecule has 0 fully saturated rings. The first-order valence-corrected chi connectivity index (χ1v) is 5.63. The van der Waals surface area contributed by atoms with Gasteiger partial charge in [-0.25, -0.2) is 0 Å². The highest BCUT2D eigenvalue weighted by molar-refractivity contribution is 7.84. The minimum absolute atomic E-state index is 0.0167. The van der Waals surface area contributed by atoms with Crippen LogP contribution in [0.3, 0.4) is 0 Å². The molecule has 0 radical (unpaired) electrons. The van der Waals surface area contributed by atoms with E-state index in [0.717, 1.165) is 0 Å². The normalized spacial score (nSPS) is 12.3. The largest absolute Gasteiger partial charge is 0.481 e. The zero-order valence-electron chi connectivity index (χ0n) is 8.30. The zero-order valence-corrected chi connectivity index (χ0v) is 9.12. The Kier molecular flexibility index (Phi) is 4.45. The van der Waals surface area contributed by atoms with E-state index in [1.807, 2.05) is 0 Å². The molecule has 0 spiro atoms. The van der Waals surface area contributed by atoms with Gasteiger partial charge in [0.2, 0.25) is 0 Å². The Hall–Kier alpha value is -1.20. The van der Waals surface area contributed by atoms with Crippen LogP contribution < -0.4 is 0 Å². The molecule has 0 saturated heterocycles. The van der Waals surface area contributed by atoms with Crippen LogP contribution in [0.4, 0.5) is 0 Å². The molecule has 0 amide bonds. The summed E-state index contributed by atoms with van der Waals surface area (Å²) in [4.78, 5) is 11.1. The van der Waals surface area contributed by atoms with Crippen molar-refractivity contribution in [3.8, 4) is 0 Å². The number of carboxylic acids is 1. The standard InChI is InChI=1S/C10H12O4S/c1-14-7-15(13)9-4-2-8(3-5-9)6-10(11)12/h2-5H,6-7H2,1H3,(H,11,12). The van der Waals surface area contributed by atoms with Crippen molar-refractivity contribution in [1.82, 2.24) is 0 Å². The molecule has 0 aliphatic heterocycles. The molecular weight excluding hydrogens is 216 g/mol. The van der Waals surface area contributed by atoms with Gasteiger partial charge in [0, 0.05) is 12.0 Å². The predicted molar refractivity (Wildman–Crippen MR) is 56.1 cm³/mol. The third kappa shape index (κ3) is 3.81. The Morgan fingerprint density at radius 3 is 2.47 bits per heavy atom. The first-order chi connectivity index (χ1) is 7.13. The summed E-state index contributed by atoms with van der Waals surface area (Å²) in [5, 5.41) is 8.55. The fraction of sp³-hybridized carbons (Fsp3) is 0.300. The third-order valence-electron chi connectivity index (χ3n) is 1.77. The number of aliphatic carboxylic acids is 1. The molecule has 15 heavy (non-hydrogen) atoms. The molecule has 0 aromatic heterocycles. The summed E-state index contributed by atoms with van der Waals surface area (Å²) >= 11 is 0. The number of ether oxygens (including phenoxy) is 1. The summed E-state index contributed by atoms with van der Waals surface area (Å²) in [5.41, 5.74) is 0.695. The molecule has 0 bridgehead atoms. The Labute approximate surface area is 90.3 Å². The lowest BCUT2D eigenvalue weighted by atomic mass is 10.2. The van der Waals surface area contributed by atoms with Gasteiger partial charge in [-0.15, -0.1) is 0 Å². The molecule has 0 heterocycles. The lowest BCUT2D eigenvalue weighted by Gasteiger charge is -2.02. The Morgan fingerprint density at radius 2 is 2.00 bits per heavy atom. The number of hydrogen-bond donors (Lipinski definition) is 1. The first-order valence-electron chi connectivity index (χ1n) is 4.31. The fourth-order valence-electron chi connectivity index (χ4n) is 1.11. The summed E-state index contributed by atoms with van der Waals surface area (Å²) in [5.74, 6) is -0.723. The Morgan fingerprint density at radius 1 is 1.40 bits per heavy atom. The van der Waals surface area contributed by atoms with Gasteiger partial charge in [0.1, 0.15) is 5.94 Å². The van der Waals surface area contributed by atoms with Gasteiger partial charge in [0.25, 0.3) is 0 Å². The smallest absolute Gasteiger partial charge is 0.307 e. The van der Waals surface area contributed by atoms with Crippen molar-refractivity contribution in [2.45, 2.75) is 11.3 Å². The maximum absolute atomic E-state index is 11.4. The minimum Gasteiger partial charge on any atom is -0.481 e. The lowest BCUT2D eigenvalue weighted by Crippen LogP contribution is -2.02. The molecule has 5 heteroatoms. The number of carboxylic acid groups (broad SMARTS) is 1. The molecule has 0 saturated carbocycles. The van der Waals surface area contributed by atoms with E-state index in [9.17, 15) is 9.00 Å². The van der Waals surface area contributed by atoms with Crippen molar-refractivity contribution in [1.29, 1.82) is 0 Å². The van der Waals surface area contributed by atoms with Crippen LogP contribution >= 0.6 is 0 Å². The molecule has 1 aromatic carbocycles. The van der Waals surface area contributed by atoms with Crippen LogP contribution in [0.1, 0.15) is 5.56 Å². The van der Waals surface area contributed by atoms with E-state index in [1.54, 1.807) is 24.3 Å². The Bertz CT molecular complexity index is 358. The van der Waals surface area contributed by atoms with E-state index in [0.29, 0.717) is 10.5 Å². The van der Waals surface area contributed by atoms with Crippen LogP contribution in [0.15, 0.2) is 29.2 Å². The van der Waals surface area contributed by atoms with E-state index in [-0.39, 0.29) is 12.4 Å². The molecule has 1 rings (SSSR count). The zero-order chi connectivity index (χ0) is 11.3. The van der Waals surface area contributed by atoms with E-state index in [4.69, 9.17) is 9.84 Å². The first kappa shape index (κ1) is 11.9. The molecule has 0 aliphatic carbocycles. The van der Waals surface area contributed by atoms with Crippen LogP contribution in [-0.4, -0.2) is 28.3 Å². The van der Waals surface area contributed by atoms with E-state index >= 15 is 0 Å². The van der Waals surface area contributed by atoms with Crippen LogP contribution in [0.2, 0.25) is 0 Å². The quantitative estimate of drug-likeness (QED) is 0.817. The van der Waals surface area contributed by atoms with E-state index in [2.05, 4.69) is 0 Å². The second-order valence-corrected chi connectivity index (χ2v) is 4.36. The average Bonchev–Trinajstić information content (AvgIpc) is 2.18. The molecule has 1 aromatic rings. The van der Waals surface area contributed by atoms with Crippen LogP contribution in [0, 0.1) is 0 Å². The van der Waals surface area contributed by atoms with Gasteiger partial charge in [-0.2, -0.15) is 0 Å². The summed E-state index contributed by atoms with van der Waals surface area (Å²) in [6.07, 6.45) is -0.0167. The molecular formula is C10H12O4S. The number of carbonyl (C=O) groups is 1. The molecule has 82 valence electrons. The number of benzene rings is 1. The second-order valence-electron chi connectivity index (χ2n) is 2.97. The van der Waals surface area contributed by atoms with Crippen LogP contribution in [0.5, 0.6) is 0 Å². The highest BCUT2D eigenvalue weighted by Gasteiger charge is 2.04. The van der Waals surface area contributed by atoms with Gasteiger partial charge >= 0.3 is 5.97 Å². The Balaban J connectivity index is 2.71. The molecule has 1 N–H and O–H groups in total. The molecule has 4 nitrogen and oxygen atoms in total. The van der Waals surface area contributed by atoms with Gasteiger partial charge < -0.3 is 9.84 Å². The summed E-state index contributed by atoms with van der Waals surface area (Å²) in [7, 11) is 0.309. The van der Waals surface area contributed by atoms with Crippen molar-refractivity contribution in [3.63, 3.8) is 0 Å². The highest BCUT2D eigenvalue weighted by Crippen LogP contribution is 2.09. The summed E-state index contributed by atoms with van der Waals surface area (Å²) in [6, 6.07) is 6.65. The van der Waals surface area contributed by atoms with Crippen LogP contribution in [0.25, 0.3) is 0 Å². The number of methoxy groups -OCH3 is 1. The van der Waals surface area contributed by atoms with Crippen LogP contribution in [-0.2, 0) is 26.8 Å². The van der Waals surface area contributed by atoms with Gasteiger partial charge in [-0.1, -0.05) is 12.1 Å². The fourth-order valence-corrected chi connectivity index (χ4v) is 1.90. The predicted octanol–water partition coefficient (Wildman–Crippen LogP) is 1.03. The molecule has 1 atom stereocenters. The number of rotatable bonds is 5. The minimum atomic E-state index is -1.17. The topological polar surface area (TPSA) is 63.6 Å². The molecule has 0 aliphatic rings. The lowest BCUT2D eigenvalue weighted by molar-refractivity contribution is -0.136. The third-order valence-corrected chi connectivity index (χ3v) is 3.01. The monoisotopic (exact) mass is 228 g/mol. The number of hydrogen-bond acceptors (Lipinski definition) is 3. The maximum Gasteiger partial charge on any atom is 0.307 e. The van der Waals surface area contributed by atoms with Gasteiger partial charge in [0.05, 0.1) is 17.2 Å². The van der Waals surface area contributed by atoms with E-state index in [1.165, 1.54) is 7.11 Å². The van der Waals surface area contributed by atoms with Crippen molar-refractivity contribution in [2.75, 3.05) is 13.0 Å². The second kappa shape index (κ2) is 5.63. The summed E-state index contributed by atoms with van der Waals surface area (Å²) < 4.78 is 16.2. The van der Waals surface area contributed by atoms with Crippen molar-refractivity contribution in [3.05, 3.63) is 29.8 Å². The SMILES string of the molecule is COCS(=O)c1ccc(CC(=O)O)cc1. The van der Waals surface area contributed by atoms with Crippen molar-refractivity contribution in [2.24, 2.45) is 0 Å². The van der Waals surface area contributed by atoms with Crippen molar-refractivity contribution < 1.29 is 18.8 Å². The molecule has 1 unspecified atom stereocenters. The summed E-state index contributed by atoms with van der Waals surface area (Å²) in [6.45, 7) is 0. The van der Waals surface area contributed by atoms with Gasteiger partial charge in [0.15, 0.2) is 0 Å². The van der Waals surface area contributed by atoms with Crippen molar-refractivity contribution >= 4 is 16.8 Å².